The number of hydrogen-bond acceptors (Lipinski definition) is 4. The molecule has 0 radical (unpaired) electrons. The fourth-order valence-electron chi connectivity index (χ4n) is 4.46. The molecule has 1 aromatic carbocycles. The van der Waals surface area contributed by atoms with E-state index in [0.29, 0.717) is 11.8 Å². The molecule has 0 spiro atoms. The normalized spacial score (nSPS) is 32.5. The van der Waals surface area contributed by atoms with Crippen LogP contribution in [0.4, 0.5) is 0 Å². The summed E-state index contributed by atoms with van der Waals surface area (Å²) in [6, 6.07) is 8.37. The fourth-order valence-corrected chi connectivity index (χ4v) is 5.47. The van der Waals surface area contributed by atoms with Crippen LogP contribution in [-0.2, 0) is 6.54 Å². The third-order valence-electron chi connectivity index (χ3n) is 5.70. The van der Waals surface area contributed by atoms with Gasteiger partial charge in [0.2, 0.25) is 0 Å². The Morgan fingerprint density at radius 2 is 2.23 bits per heavy atom. The third kappa shape index (κ3) is 2.47. The number of nitrogens with zero attached hydrogens (tertiary/aromatic N) is 2. The molecule has 2 aliphatic rings. The van der Waals surface area contributed by atoms with Gasteiger partial charge in [-0.1, -0.05) is 25.5 Å². The molecular formula is C18H24N2OS. The van der Waals surface area contributed by atoms with Gasteiger partial charge in [-0.2, -0.15) is 0 Å². The van der Waals surface area contributed by atoms with Crippen molar-refractivity contribution in [2.75, 3.05) is 13.1 Å². The lowest BCUT2D eigenvalue weighted by atomic mass is 9.69. The molecular weight excluding hydrogens is 292 g/mol. The molecule has 0 amide bonds. The Labute approximate surface area is 136 Å². The van der Waals surface area contributed by atoms with Gasteiger partial charge in [0.15, 0.2) is 0 Å². The molecule has 2 fully saturated rings. The molecule has 4 heteroatoms. The first kappa shape index (κ1) is 14.6. The summed E-state index contributed by atoms with van der Waals surface area (Å²) in [7, 11) is 0. The molecule has 3 atom stereocenters. The van der Waals surface area contributed by atoms with Crippen molar-refractivity contribution in [3.8, 4) is 0 Å². The summed E-state index contributed by atoms with van der Waals surface area (Å²) < 4.78 is 1.28. The highest BCUT2D eigenvalue weighted by atomic mass is 32.1. The number of fused-ring (bicyclic) bond motifs is 2. The van der Waals surface area contributed by atoms with Crippen molar-refractivity contribution >= 4 is 21.6 Å². The Hall–Kier alpha value is -0.970. The number of rotatable bonds is 3. The van der Waals surface area contributed by atoms with Crippen LogP contribution >= 0.6 is 11.3 Å². The van der Waals surface area contributed by atoms with Crippen molar-refractivity contribution < 1.29 is 5.11 Å². The van der Waals surface area contributed by atoms with E-state index in [1.807, 2.05) is 11.3 Å². The Bertz CT molecular complexity index is 637. The highest BCUT2D eigenvalue weighted by Crippen LogP contribution is 2.44. The van der Waals surface area contributed by atoms with Crippen molar-refractivity contribution in [3.63, 3.8) is 0 Å². The van der Waals surface area contributed by atoms with Gasteiger partial charge in [-0.25, -0.2) is 4.98 Å². The number of hydrogen-bond donors (Lipinski definition) is 1. The van der Waals surface area contributed by atoms with Crippen molar-refractivity contribution in [2.24, 2.45) is 11.8 Å². The Morgan fingerprint density at radius 3 is 3.05 bits per heavy atom. The predicted molar refractivity (Wildman–Crippen MR) is 91.0 cm³/mol. The molecule has 0 bridgehead atoms. The molecule has 2 heterocycles. The van der Waals surface area contributed by atoms with Gasteiger partial charge < -0.3 is 5.11 Å². The molecule has 3 nitrogen and oxygen atoms in total. The maximum atomic E-state index is 10.9. The number of aromatic nitrogens is 1. The van der Waals surface area contributed by atoms with Gasteiger partial charge in [0, 0.05) is 19.0 Å². The molecule has 1 saturated carbocycles. The second kappa shape index (κ2) is 5.59. The van der Waals surface area contributed by atoms with E-state index in [9.17, 15) is 5.11 Å². The maximum absolute atomic E-state index is 10.9. The van der Waals surface area contributed by atoms with Gasteiger partial charge in [0.25, 0.3) is 0 Å². The molecule has 1 aliphatic heterocycles. The van der Waals surface area contributed by atoms with Gasteiger partial charge in [-0.15, -0.1) is 11.3 Å². The lowest BCUT2D eigenvalue weighted by Crippen LogP contribution is -2.44. The number of thiazole rings is 1. The van der Waals surface area contributed by atoms with E-state index in [1.54, 1.807) is 0 Å². The molecule has 1 saturated heterocycles. The van der Waals surface area contributed by atoms with Crippen LogP contribution in [0.15, 0.2) is 24.3 Å². The van der Waals surface area contributed by atoms with E-state index < -0.39 is 5.60 Å². The minimum atomic E-state index is -0.425. The van der Waals surface area contributed by atoms with Crippen LogP contribution in [0, 0.1) is 11.8 Å². The number of para-hydroxylation sites is 1. The quantitative estimate of drug-likeness (QED) is 0.938. The van der Waals surface area contributed by atoms with E-state index in [1.165, 1.54) is 22.5 Å². The topological polar surface area (TPSA) is 36.4 Å². The molecule has 2 aromatic rings. The first-order chi connectivity index (χ1) is 10.7. The zero-order valence-electron chi connectivity index (χ0n) is 13.2. The first-order valence-electron chi connectivity index (χ1n) is 8.47. The van der Waals surface area contributed by atoms with Gasteiger partial charge in [0.05, 0.1) is 22.4 Å². The van der Waals surface area contributed by atoms with Crippen LogP contribution in [0.25, 0.3) is 10.2 Å². The van der Waals surface area contributed by atoms with E-state index in [4.69, 9.17) is 4.98 Å². The lowest BCUT2D eigenvalue weighted by Gasteiger charge is -2.40. The summed E-state index contributed by atoms with van der Waals surface area (Å²) in [5.74, 6) is 1.13. The molecule has 22 heavy (non-hydrogen) atoms. The van der Waals surface area contributed by atoms with E-state index in [-0.39, 0.29) is 0 Å². The third-order valence-corrected chi connectivity index (χ3v) is 6.72. The highest BCUT2D eigenvalue weighted by Gasteiger charge is 2.47. The zero-order chi connectivity index (χ0) is 15.2. The van der Waals surface area contributed by atoms with Crippen molar-refractivity contribution in [2.45, 2.75) is 44.8 Å². The average molecular weight is 316 g/mol. The first-order valence-corrected chi connectivity index (χ1v) is 9.29. The molecule has 1 aromatic heterocycles. The monoisotopic (exact) mass is 316 g/mol. The second-order valence-electron chi connectivity index (χ2n) is 6.99. The smallest absolute Gasteiger partial charge is 0.108 e. The van der Waals surface area contributed by atoms with E-state index >= 15 is 0 Å². The average Bonchev–Trinajstić information content (AvgIpc) is 3.11. The van der Waals surface area contributed by atoms with E-state index in [0.717, 1.165) is 38.0 Å². The summed E-state index contributed by atoms with van der Waals surface area (Å²) in [5, 5.41) is 12.1. The maximum Gasteiger partial charge on any atom is 0.108 e. The minimum absolute atomic E-state index is 0.425. The van der Waals surface area contributed by atoms with Crippen molar-refractivity contribution in [1.29, 1.82) is 0 Å². The van der Waals surface area contributed by atoms with Gasteiger partial charge in [-0.3, -0.25) is 4.90 Å². The van der Waals surface area contributed by atoms with Crippen LogP contribution in [0.1, 0.15) is 37.6 Å². The highest BCUT2D eigenvalue weighted by molar-refractivity contribution is 7.18. The fraction of sp³-hybridized carbons (Fsp3) is 0.611. The zero-order valence-corrected chi connectivity index (χ0v) is 14.0. The van der Waals surface area contributed by atoms with Gasteiger partial charge in [0.1, 0.15) is 5.01 Å². The van der Waals surface area contributed by atoms with Gasteiger partial charge in [-0.05, 0) is 37.3 Å². The van der Waals surface area contributed by atoms with Crippen LogP contribution in [0.2, 0.25) is 0 Å². The number of aliphatic hydroxyl groups is 1. The largest absolute Gasteiger partial charge is 0.390 e. The molecule has 1 N–H and O–H groups in total. The van der Waals surface area contributed by atoms with E-state index in [2.05, 4.69) is 36.1 Å². The van der Waals surface area contributed by atoms with Gasteiger partial charge >= 0.3 is 0 Å². The van der Waals surface area contributed by atoms with Crippen molar-refractivity contribution in [1.82, 2.24) is 9.88 Å². The summed E-state index contributed by atoms with van der Waals surface area (Å²) in [4.78, 5) is 7.28. The Kier molecular flexibility index (Phi) is 3.71. The minimum Gasteiger partial charge on any atom is -0.390 e. The summed E-state index contributed by atoms with van der Waals surface area (Å²) in [6.45, 7) is 5.23. The lowest BCUT2D eigenvalue weighted by molar-refractivity contribution is -0.0613. The molecule has 0 unspecified atom stereocenters. The van der Waals surface area contributed by atoms with Crippen LogP contribution in [0.5, 0.6) is 0 Å². The molecule has 1 aliphatic carbocycles. The second-order valence-corrected chi connectivity index (χ2v) is 8.10. The number of benzene rings is 1. The number of likely N-dealkylation sites (tertiary alicyclic amines) is 1. The van der Waals surface area contributed by atoms with Crippen molar-refractivity contribution in [3.05, 3.63) is 29.3 Å². The standard InChI is InChI=1S/C18H24N2OS/c1-2-18(21)9-5-6-13-10-20(11-14(13)18)12-17-19-15-7-3-4-8-16(15)22-17/h3-4,7-8,13-14,21H,2,5-6,9-12H2,1H3/t13-,14+,18-/m0/s1. The Morgan fingerprint density at radius 1 is 1.36 bits per heavy atom. The van der Waals surface area contributed by atoms with Crippen LogP contribution < -0.4 is 0 Å². The van der Waals surface area contributed by atoms with Crippen LogP contribution in [-0.4, -0.2) is 33.7 Å². The summed E-state index contributed by atoms with van der Waals surface area (Å²) >= 11 is 1.81. The Balaban J connectivity index is 1.50. The molecule has 118 valence electrons. The predicted octanol–water partition coefficient (Wildman–Crippen LogP) is 3.67. The summed E-state index contributed by atoms with van der Waals surface area (Å²) in [6.07, 6.45) is 4.34. The van der Waals surface area contributed by atoms with Crippen LogP contribution in [0.3, 0.4) is 0 Å². The summed E-state index contributed by atoms with van der Waals surface area (Å²) in [5.41, 5.74) is 0.690. The molecule has 4 rings (SSSR count). The SMILES string of the molecule is CC[C@]1(O)CCC[C@H]2CN(Cc3nc4ccccc4s3)C[C@H]21.